The number of carbonyl (C=O) groups excluding carboxylic acids is 2. The first kappa shape index (κ1) is 13.7. The molecule has 0 spiro atoms. The Morgan fingerprint density at radius 2 is 1.22 bits per heavy atom. The highest BCUT2D eigenvalue weighted by molar-refractivity contribution is 8.27. The maximum atomic E-state index is 11.7. The number of hydrogen-bond acceptors (Lipinski definition) is 6. The summed E-state index contributed by atoms with van der Waals surface area (Å²) in [7, 11) is 0. The number of amides is 2. The van der Waals surface area contributed by atoms with Gasteiger partial charge in [0.15, 0.2) is 0 Å². The summed E-state index contributed by atoms with van der Waals surface area (Å²) in [4.78, 5) is 24.4. The first-order valence-corrected chi connectivity index (χ1v) is 7.33. The number of thiocarbonyl (C=S) groups is 2. The van der Waals surface area contributed by atoms with Gasteiger partial charge < -0.3 is 10.6 Å². The fraction of sp³-hybridized carbons (Fsp3) is 0.200. The largest absolute Gasteiger partial charge is 0.307 e. The van der Waals surface area contributed by atoms with Crippen LogP contribution < -0.4 is 10.6 Å². The molecule has 0 aliphatic carbocycles. The molecule has 2 heterocycles. The summed E-state index contributed by atoms with van der Waals surface area (Å²) in [6, 6.07) is 0. The van der Waals surface area contributed by atoms with Gasteiger partial charge in [-0.05, 0) is 25.0 Å². The van der Waals surface area contributed by atoms with Crippen LogP contribution in [0.2, 0.25) is 0 Å². The highest BCUT2D eigenvalue weighted by Gasteiger charge is 2.29. The van der Waals surface area contributed by atoms with Crippen molar-refractivity contribution in [3.8, 4) is 0 Å². The van der Waals surface area contributed by atoms with E-state index in [2.05, 4.69) is 10.6 Å². The van der Waals surface area contributed by atoms with E-state index in [1.54, 1.807) is 13.8 Å². The molecule has 0 radical (unpaired) electrons. The van der Waals surface area contributed by atoms with Crippen LogP contribution in [-0.2, 0) is 9.59 Å². The molecule has 2 rings (SSSR count). The van der Waals surface area contributed by atoms with Gasteiger partial charge in [-0.25, -0.2) is 0 Å². The third-order valence-electron chi connectivity index (χ3n) is 2.48. The van der Waals surface area contributed by atoms with Gasteiger partial charge in [-0.1, -0.05) is 48.0 Å². The van der Waals surface area contributed by atoms with E-state index >= 15 is 0 Å². The predicted molar refractivity (Wildman–Crippen MR) is 82.1 cm³/mol. The molecule has 0 aromatic carbocycles. The Hall–Kier alpha value is -0.700. The fourth-order valence-corrected chi connectivity index (χ4v) is 3.71. The molecule has 0 aromatic heterocycles. The lowest BCUT2D eigenvalue weighted by atomic mass is 10.1. The lowest BCUT2D eigenvalue weighted by Gasteiger charge is -2.05. The van der Waals surface area contributed by atoms with Gasteiger partial charge in [0.2, 0.25) is 0 Å². The molecule has 0 atom stereocenters. The molecular weight excluding hydrogens is 308 g/mol. The third-order valence-corrected chi connectivity index (χ3v) is 5.15. The van der Waals surface area contributed by atoms with Gasteiger partial charge in [0, 0.05) is 0 Å². The molecule has 94 valence electrons. The van der Waals surface area contributed by atoms with E-state index in [1.165, 1.54) is 23.5 Å². The summed E-state index contributed by atoms with van der Waals surface area (Å²) in [5.74, 6) is -0.429. The van der Waals surface area contributed by atoms with E-state index in [1.807, 2.05) is 0 Å². The number of carbonyl (C=O) groups is 2. The van der Waals surface area contributed by atoms with Crippen molar-refractivity contribution in [1.82, 2.24) is 10.6 Å². The first-order valence-electron chi connectivity index (χ1n) is 4.88. The first-order chi connectivity index (χ1) is 8.40. The number of rotatable bonds is 1. The van der Waals surface area contributed by atoms with Gasteiger partial charge in [0.1, 0.15) is 8.64 Å². The van der Waals surface area contributed by atoms with Crippen LogP contribution in [0, 0.1) is 0 Å². The molecule has 2 aliphatic heterocycles. The number of nitrogens with one attached hydrogen (secondary N) is 2. The Balaban J connectivity index is 2.43. The standard InChI is InChI=1S/C10H8N2O2S4/c1-3(5-7(13)11-9(15)17-5)4(2)6-8(14)12-10(16)18-6/h1-2H3,(H,11,13,15)(H,12,14,16). The van der Waals surface area contributed by atoms with E-state index in [0.29, 0.717) is 18.5 Å². The fourth-order valence-electron chi connectivity index (χ4n) is 1.46. The summed E-state index contributed by atoms with van der Waals surface area (Å²) in [5, 5.41) is 5.11. The quantitative estimate of drug-likeness (QED) is 0.568. The van der Waals surface area contributed by atoms with Crippen molar-refractivity contribution in [3.05, 3.63) is 21.0 Å². The lowest BCUT2D eigenvalue weighted by molar-refractivity contribution is -0.116. The maximum absolute atomic E-state index is 11.7. The van der Waals surface area contributed by atoms with Crippen molar-refractivity contribution in [2.45, 2.75) is 13.8 Å². The van der Waals surface area contributed by atoms with Crippen molar-refractivity contribution in [1.29, 1.82) is 0 Å². The zero-order valence-electron chi connectivity index (χ0n) is 9.45. The van der Waals surface area contributed by atoms with Gasteiger partial charge in [-0.2, -0.15) is 0 Å². The normalized spacial score (nSPS) is 25.2. The van der Waals surface area contributed by atoms with Crippen molar-refractivity contribution < 1.29 is 9.59 Å². The van der Waals surface area contributed by atoms with E-state index < -0.39 is 0 Å². The molecule has 4 nitrogen and oxygen atoms in total. The highest BCUT2D eigenvalue weighted by Crippen LogP contribution is 2.35. The summed E-state index contributed by atoms with van der Waals surface area (Å²) in [6.07, 6.45) is 0. The van der Waals surface area contributed by atoms with Crippen molar-refractivity contribution in [3.63, 3.8) is 0 Å². The Morgan fingerprint density at radius 3 is 1.44 bits per heavy atom. The van der Waals surface area contributed by atoms with Crippen LogP contribution in [0.5, 0.6) is 0 Å². The van der Waals surface area contributed by atoms with Gasteiger partial charge >= 0.3 is 0 Å². The Bertz CT molecular complexity index is 512. The van der Waals surface area contributed by atoms with Gasteiger partial charge in [-0.15, -0.1) is 0 Å². The zero-order valence-corrected chi connectivity index (χ0v) is 12.7. The molecule has 2 N–H and O–H groups in total. The van der Waals surface area contributed by atoms with E-state index in [9.17, 15) is 9.59 Å². The second-order valence-electron chi connectivity index (χ2n) is 3.60. The van der Waals surface area contributed by atoms with E-state index in [4.69, 9.17) is 24.4 Å². The zero-order chi connectivity index (χ0) is 13.4. The van der Waals surface area contributed by atoms with Crippen LogP contribution in [0.1, 0.15) is 13.8 Å². The second kappa shape index (κ2) is 5.12. The van der Waals surface area contributed by atoms with E-state index in [-0.39, 0.29) is 11.8 Å². The van der Waals surface area contributed by atoms with Crippen LogP contribution in [0.25, 0.3) is 0 Å². The average molecular weight is 316 g/mol. The Kier molecular flexibility index (Phi) is 3.90. The molecule has 8 heteroatoms. The molecule has 2 aliphatic rings. The Labute approximate surface area is 123 Å². The van der Waals surface area contributed by atoms with Crippen LogP contribution in [0.4, 0.5) is 0 Å². The predicted octanol–water partition coefficient (Wildman–Crippen LogP) is 1.83. The summed E-state index contributed by atoms with van der Waals surface area (Å²) < 4.78 is 0.873. The molecule has 0 bridgehead atoms. The number of allylic oxidation sites excluding steroid dienone is 2. The molecule has 2 saturated heterocycles. The SMILES string of the molecule is CC(C(C)=C1SC(=S)NC1=O)=C1SC(=S)NC1=O. The molecule has 2 amide bonds. The number of hydrogen-bond donors (Lipinski definition) is 2. The van der Waals surface area contributed by atoms with Gasteiger partial charge in [-0.3, -0.25) is 9.59 Å². The minimum atomic E-state index is -0.214. The highest BCUT2D eigenvalue weighted by atomic mass is 32.2. The Morgan fingerprint density at radius 1 is 0.889 bits per heavy atom. The van der Waals surface area contributed by atoms with Crippen molar-refractivity contribution in [2.24, 2.45) is 0 Å². The molecule has 2 fully saturated rings. The lowest BCUT2D eigenvalue weighted by Crippen LogP contribution is -2.19. The molecule has 0 aromatic rings. The summed E-state index contributed by atoms with van der Waals surface area (Å²) in [6.45, 7) is 3.60. The molecular formula is C10H8N2O2S4. The topological polar surface area (TPSA) is 58.2 Å². The minimum Gasteiger partial charge on any atom is -0.307 e. The average Bonchev–Trinajstić information content (AvgIpc) is 2.79. The monoisotopic (exact) mass is 316 g/mol. The van der Waals surface area contributed by atoms with Crippen LogP contribution >= 0.6 is 48.0 Å². The molecule has 0 saturated carbocycles. The molecule has 18 heavy (non-hydrogen) atoms. The number of thioether (sulfide) groups is 2. The minimum absolute atomic E-state index is 0.214. The second-order valence-corrected chi connectivity index (χ2v) is 6.97. The summed E-state index contributed by atoms with van der Waals surface area (Å²) in [5.41, 5.74) is 1.50. The van der Waals surface area contributed by atoms with Gasteiger partial charge in [0.25, 0.3) is 11.8 Å². The van der Waals surface area contributed by atoms with Crippen LogP contribution in [-0.4, -0.2) is 20.5 Å². The van der Waals surface area contributed by atoms with Crippen LogP contribution in [0.3, 0.4) is 0 Å². The maximum Gasteiger partial charge on any atom is 0.263 e. The molecule has 0 unspecified atom stereocenters. The van der Waals surface area contributed by atoms with Crippen molar-refractivity contribution >= 4 is 68.4 Å². The third kappa shape index (κ3) is 2.51. The smallest absolute Gasteiger partial charge is 0.263 e. The van der Waals surface area contributed by atoms with Gasteiger partial charge in [0.05, 0.1) is 9.81 Å². The van der Waals surface area contributed by atoms with Crippen molar-refractivity contribution in [2.75, 3.05) is 0 Å². The van der Waals surface area contributed by atoms with E-state index in [0.717, 1.165) is 11.1 Å². The van der Waals surface area contributed by atoms with Crippen LogP contribution in [0.15, 0.2) is 21.0 Å². The summed E-state index contributed by atoms with van der Waals surface area (Å²) >= 11 is 12.3.